The minimum Gasteiger partial charge on any atom is -0.379 e. The molecule has 0 aliphatic rings. The Kier molecular flexibility index (Phi) is 5.78. The van der Waals surface area contributed by atoms with Gasteiger partial charge in [-0.2, -0.15) is 0 Å². The van der Waals surface area contributed by atoms with Gasteiger partial charge in [-0.05, 0) is 25.7 Å². The Labute approximate surface area is 94.8 Å². The lowest BCUT2D eigenvalue weighted by Gasteiger charge is -2.34. The zero-order valence-corrected chi connectivity index (χ0v) is 11.2. The molecule has 0 saturated carbocycles. The second kappa shape index (κ2) is 5.83. The molecule has 0 aliphatic carbocycles. The van der Waals surface area contributed by atoms with Crippen LogP contribution in [0.2, 0.25) is 0 Å². The SMILES string of the molecule is COC(CN)CNC(C)(C)CC(C)(C)C. The van der Waals surface area contributed by atoms with Crippen LogP contribution in [0.1, 0.15) is 41.0 Å². The molecule has 1 atom stereocenters. The molecule has 0 fully saturated rings. The average Bonchev–Trinajstić information content (AvgIpc) is 2.01. The van der Waals surface area contributed by atoms with Crippen molar-refractivity contribution in [1.29, 1.82) is 0 Å². The zero-order valence-electron chi connectivity index (χ0n) is 11.2. The van der Waals surface area contributed by atoms with Gasteiger partial charge in [-0.1, -0.05) is 20.8 Å². The van der Waals surface area contributed by atoms with E-state index in [4.69, 9.17) is 10.5 Å². The third-order valence-electron chi connectivity index (χ3n) is 2.38. The molecule has 0 amide bonds. The van der Waals surface area contributed by atoms with Gasteiger partial charge in [0.05, 0.1) is 6.10 Å². The van der Waals surface area contributed by atoms with E-state index in [0.29, 0.717) is 12.0 Å². The quantitative estimate of drug-likeness (QED) is 0.711. The largest absolute Gasteiger partial charge is 0.379 e. The van der Waals surface area contributed by atoms with Gasteiger partial charge in [-0.25, -0.2) is 0 Å². The number of hydrogen-bond donors (Lipinski definition) is 2. The highest BCUT2D eigenvalue weighted by Gasteiger charge is 2.25. The van der Waals surface area contributed by atoms with Crippen molar-refractivity contribution in [3.8, 4) is 0 Å². The fraction of sp³-hybridized carbons (Fsp3) is 1.00. The molecule has 1 unspecified atom stereocenters. The molecule has 0 aliphatic heterocycles. The Bertz CT molecular complexity index is 169. The summed E-state index contributed by atoms with van der Waals surface area (Å²) in [6, 6.07) is 0. The summed E-state index contributed by atoms with van der Waals surface area (Å²) in [5.74, 6) is 0. The lowest BCUT2D eigenvalue weighted by Crippen LogP contribution is -2.47. The van der Waals surface area contributed by atoms with Crippen molar-refractivity contribution in [2.24, 2.45) is 11.1 Å². The number of ether oxygens (including phenoxy) is 1. The fourth-order valence-electron chi connectivity index (χ4n) is 2.04. The van der Waals surface area contributed by atoms with E-state index in [-0.39, 0.29) is 11.6 Å². The first-order valence-electron chi connectivity index (χ1n) is 5.68. The van der Waals surface area contributed by atoms with Crippen LogP contribution in [0.3, 0.4) is 0 Å². The standard InChI is InChI=1S/C12H28N2O/c1-11(2,3)9-12(4,5)14-8-10(7-13)15-6/h10,14H,7-9,13H2,1-6H3. The highest BCUT2D eigenvalue weighted by Crippen LogP contribution is 2.26. The molecule has 0 heterocycles. The third kappa shape index (κ3) is 7.77. The van der Waals surface area contributed by atoms with Crippen LogP contribution in [0, 0.1) is 5.41 Å². The van der Waals surface area contributed by atoms with E-state index >= 15 is 0 Å². The molecule has 3 N–H and O–H groups in total. The molecule has 0 rings (SSSR count). The molecular formula is C12H28N2O. The first kappa shape index (κ1) is 14.9. The van der Waals surface area contributed by atoms with Crippen LogP contribution in [0.15, 0.2) is 0 Å². The summed E-state index contributed by atoms with van der Waals surface area (Å²) in [4.78, 5) is 0. The Hall–Kier alpha value is -0.120. The van der Waals surface area contributed by atoms with E-state index in [1.54, 1.807) is 7.11 Å². The molecule has 0 saturated heterocycles. The van der Waals surface area contributed by atoms with Crippen molar-refractivity contribution in [2.45, 2.75) is 52.7 Å². The topological polar surface area (TPSA) is 47.3 Å². The molecule has 0 radical (unpaired) electrons. The van der Waals surface area contributed by atoms with Crippen LogP contribution < -0.4 is 11.1 Å². The summed E-state index contributed by atoms with van der Waals surface area (Å²) < 4.78 is 5.24. The highest BCUT2D eigenvalue weighted by molar-refractivity contribution is 4.84. The van der Waals surface area contributed by atoms with Crippen LogP contribution in [0.4, 0.5) is 0 Å². The maximum absolute atomic E-state index is 5.57. The normalized spacial score (nSPS) is 15.4. The van der Waals surface area contributed by atoms with E-state index in [0.717, 1.165) is 13.0 Å². The number of nitrogens with two attached hydrogens (primary N) is 1. The van der Waals surface area contributed by atoms with Crippen molar-refractivity contribution >= 4 is 0 Å². The zero-order chi connectivity index (χ0) is 12.1. The van der Waals surface area contributed by atoms with E-state index in [1.165, 1.54) is 0 Å². The summed E-state index contributed by atoms with van der Waals surface area (Å²) >= 11 is 0. The number of nitrogens with one attached hydrogen (secondary N) is 1. The maximum Gasteiger partial charge on any atom is 0.0817 e. The minimum atomic E-state index is 0.115. The van der Waals surface area contributed by atoms with Crippen LogP contribution in [0.25, 0.3) is 0 Å². The van der Waals surface area contributed by atoms with Gasteiger partial charge < -0.3 is 15.8 Å². The van der Waals surface area contributed by atoms with E-state index in [2.05, 4.69) is 39.9 Å². The van der Waals surface area contributed by atoms with Crippen molar-refractivity contribution in [2.75, 3.05) is 20.2 Å². The van der Waals surface area contributed by atoms with Crippen LogP contribution in [-0.2, 0) is 4.74 Å². The second-order valence-electron chi connectivity index (χ2n) is 6.10. The van der Waals surface area contributed by atoms with Crippen molar-refractivity contribution in [1.82, 2.24) is 5.32 Å². The first-order valence-corrected chi connectivity index (χ1v) is 5.68. The number of rotatable bonds is 6. The molecular weight excluding hydrogens is 188 g/mol. The Balaban J connectivity index is 4.03. The van der Waals surface area contributed by atoms with Gasteiger partial charge in [-0.3, -0.25) is 0 Å². The van der Waals surface area contributed by atoms with Gasteiger partial charge >= 0.3 is 0 Å². The van der Waals surface area contributed by atoms with Crippen LogP contribution in [0.5, 0.6) is 0 Å². The van der Waals surface area contributed by atoms with Gasteiger partial charge in [-0.15, -0.1) is 0 Å². The maximum atomic E-state index is 5.57. The lowest BCUT2D eigenvalue weighted by atomic mass is 9.82. The smallest absolute Gasteiger partial charge is 0.0817 e. The second-order valence-corrected chi connectivity index (χ2v) is 6.10. The van der Waals surface area contributed by atoms with Crippen LogP contribution >= 0.6 is 0 Å². The van der Waals surface area contributed by atoms with Crippen molar-refractivity contribution < 1.29 is 4.74 Å². The molecule has 92 valence electrons. The molecule has 15 heavy (non-hydrogen) atoms. The Morgan fingerprint density at radius 2 is 1.73 bits per heavy atom. The summed E-state index contributed by atoms with van der Waals surface area (Å²) in [6.07, 6.45) is 1.24. The molecule has 0 aromatic heterocycles. The monoisotopic (exact) mass is 216 g/mol. The average molecular weight is 216 g/mol. The third-order valence-corrected chi connectivity index (χ3v) is 2.38. The number of methoxy groups -OCH3 is 1. The van der Waals surface area contributed by atoms with Gasteiger partial charge in [0.2, 0.25) is 0 Å². The summed E-state index contributed by atoms with van der Waals surface area (Å²) in [7, 11) is 1.70. The van der Waals surface area contributed by atoms with E-state index in [9.17, 15) is 0 Å². The van der Waals surface area contributed by atoms with Crippen LogP contribution in [-0.4, -0.2) is 31.8 Å². The van der Waals surface area contributed by atoms with Gasteiger partial charge in [0.1, 0.15) is 0 Å². The Morgan fingerprint density at radius 1 is 1.20 bits per heavy atom. The van der Waals surface area contributed by atoms with Crippen molar-refractivity contribution in [3.63, 3.8) is 0 Å². The Morgan fingerprint density at radius 3 is 2.07 bits per heavy atom. The molecule has 0 bridgehead atoms. The summed E-state index contributed by atoms with van der Waals surface area (Å²) in [5.41, 5.74) is 6.04. The fourth-order valence-corrected chi connectivity index (χ4v) is 2.04. The highest BCUT2D eigenvalue weighted by atomic mass is 16.5. The van der Waals surface area contributed by atoms with Crippen molar-refractivity contribution in [3.05, 3.63) is 0 Å². The summed E-state index contributed by atoms with van der Waals surface area (Å²) in [6.45, 7) is 12.6. The number of hydrogen-bond acceptors (Lipinski definition) is 3. The lowest BCUT2D eigenvalue weighted by molar-refractivity contribution is 0.0963. The van der Waals surface area contributed by atoms with E-state index in [1.807, 2.05) is 0 Å². The van der Waals surface area contributed by atoms with Gasteiger partial charge in [0.15, 0.2) is 0 Å². The molecule has 0 spiro atoms. The first-order chi connectivity index (χ1) is 6.70. The van der Waals surface area contributed by atoms with Gasteiger partial charge in [0.25, 0.3) is 0 Å². The molecule has 3 heteroatoms. The van der Waals surface area contributed by atoms with E-state index < -0.39 is 0 Å². The summed E-state index contributed by atoms with van der Waals surface area (Å²) in [5, 5.41) is 3.51. The molecule has 0 aromatic carbocycles. The predicted octanol–water partition coefficient (Wildman–Crippen LogP) is 1.76. The molecule has 0 aromatic rings. The molecule has 3 nitrogen and oxygen atoms in total. The minimum absolute atomic E-state index is 0.115. The predicted molar refractivity (Wildman–Crippen MR) is 66.0 cm³/mol. The van der Waals surface area contributed by atoms with Gasteiger partial charge in [0, 0.05) is 25.7 Å².